The van der Waals surface area contributed by atoms with Gasteiger partial charge in [-0.2, -0.15) is 0 Å². The molecule has 0 aliphatic carbocycles. The molecule has 0 fully saturated rings. The fraction of sp³-hybridized carbons (Fsp3) is 0.840. The molecule has 0 bridgehead atoms. The Morgan fingerprint density at radius 3 is 1.55 bits per heavy atom. The molecule has 0 N–H and O–H groups in total. The first kappa shape index (κ1) is 27.7. The Kier molecular flexibility index (Phi) is 15.7. The molecule has 0 aromatic carbocycles. The molecule has 0 spiro atoms. The third-order valence-electron chi connectivity index (χ3n) is 4.81. The van der Waals surface area contributed by atoms with E-state index in [1.807, 2.05) is 0 Å². The summed E-state index contributed by atoms with van der Waals surface area (Å²) in [6, 6.07) is 0. The van der Waals surface area contributed by atoms with Gasteiger partial charge in [0.05, 0.1) is 13.2 Å². The molecule has 0 amide bonds. The SMILES string of the molecule is CCCCCCCCC(C(=O)OCCCC)=C(CC(C)(C)C)C(=O)OCCCC. The molecule has 0 aliphatic heterocycles. The van der Waals surface area contributed by atoms with Gasteiger partial charge in [-0.05, 0) is 37.5 Å². The van der Waals surface area contributed by atoms with Gasteiger partial charge in [0, 0.05) is 11.1 Å². The first-order chi connectivity index (χ1) is 13.8. The van der Waals surface area contributed by atoms with Crippen LogP contribution in [0, 0.1) is 5.41 Å². The highest BCUT2D eigenvalue weighted by molar-refractivity contribution is 6.00. The Hall–Kier alpha value is -1.32. The van der Waals surface area contributed by atoms with Gasteiger partial charge >= 0.3 is 11.9 Å². The van der Waals surface area contributed by atoms with Crippen molar-refractivity contribution in [2.75, 3.05) is 13.2 Å². The van der Waals surface area contributed by atoms with Crippen LogP contribution in [0.5, 0.6) is 0 Å². The zero-order valence-electron chi connectivity index (χ0n) is 20.0. The van der Waals surface area contributed by atoms with E-state index in [4.69, 9.17) is 9.47 Å². The van der Waals surface area contributed by atoms with Crippen LogP contribution < -0.4 is 0 Å². The summed E-state index contributed by atoms with van der Waals surface area (Å²) in [5, 5.41) is 0. The zero-order valence-corrected chi connectivity index (χ0v) is 20.0. The maximum absolute atomic E-state index is 12.9. The van der Waals surface area contributed by atoms with Crippen LogP contribution in [0.15, 0.2) is 11.1 Å². The van der Waals surface area contributed by atoms with Gasteiger partial charge in [-0.3, -0.25) is 0 Å². The minimum Gasteiger partial charge on any atom is -0.462 e. The number of hydrogen-bond acceptors (Lipinski definition) is 4. The summed E-state index contributed by atoms with van der Waals surface area (Å²) < 4.78 is 11.0. The maximum atomic E-state index is 12.9. The van der Waals surface area contributed by atoms with Gasteiger partial charge in [0.25, 0.3) is 0 Å². The molecule has 170 valence electrons. The van der Waals surface area contributed by atoms with Crippen LogP contribution in [0.2, 0.25) is 0 Å². The minimum absolute atomic E-state index is 0.116. The summed E-state index contributed by atoms with van der Waals surface area (Å²) in [6.07, 6.45) is 11.6. The summed E-state index contributed by atoms with van der Waals surface area (Å²) >= 11 is 0. The van der Waals surface area contributed by atoms with Crippen molar-refractivity contribution in [1.29, 1.82) is 0 Å². The first-order valence-corrected chi connectivity index (χ1v) is 11.8. The second kappa shape index (κ2) is 16.5. The van der Waals surface area contributed by atoms with Gasteiger partial charge in [-0.25, -0.2) is 9.59 Å². The molecule has 0 saturated carbocycles. The number of hydrogen-bond donors (Lipinski definition) is 0. The lowest BCUT2D eigenvalue weighted by Gasteiger charge is -2.22. The molecule has 0 radical (unpaired) electrons. The van der Waals surface area contributed by atoms with E-state index in [1.165, 1.54) is 25.7 Å². The first-order valence-electron chi connectivity index (χ1n) is 11.8. The van der Waals surface area contributed by atoms with Crippen LogP contribution in [-0.2, 0) is 19.1 Å². The van der Waals surface area contributed by atoms with Gasteiger partial charge in [0.15, 0.2) is 0 Å². The molecule has 0 saturated heterocycles. The molecule has 4 heteroatoms. The highest BCUT2D eigenvalue weighted by atomic mass is 16.5. The summed E-state index contributed by atoms with van der Waals surface area (Å²) in [5.41, 5.74) is 0.937. The second-order valence-electron chi connectivity index (χ2n) is 9.19. The standard InChI is InChI=1S/C25H46O4/c1-7-10-13-14-15-16-17-21(23(26)28-18-11-8-2)22(20-25(4,5)6)24(27)29-19-12-9-3/h7-20H2,1-6H3. The number of carbonyl (C=O) groups excluding carboxylic acids is 2. The molecule has 0 unspecified atom stereocenters. The molecule has 29 heavy (non-hydrogen) atoms. The van der Waals surface area contributed by atoms with E-state index >= 15 is 0 Å². The molecule has 0 rings (SSSR count). The monoisotopic (exact) mass is 410 g/mol. The predicted octanol–water partition coefficient (Wildman–Crippen LogP) is 7.16. The number of carbonyl (C=O) groups is 2. The van der Waals surface area contributed by atoms with Crippen molar-refractivity contribution in [3.8, 4) is 0 Å². The van der Waals surface area contributed by atoms with Crippen LogP contribution in [0.25, 0.3) is 0 Å². The van der Waals surface area contributed by atoms with Gasteiger partial charge in [-0.1, -0.05) is 86.5 Å². The van der Waals surface area contributed by atoms with Gasteiger partial charge in [0.2, 0.25) is 0 Å². The Balaban J connectivity index is 5.44. The average Bonchev–Trinajstić information content (AvgIpc) is 2.65. The smallest absolute Gasteiger partial charge is 0.334 e. The number of ether oxygens (including phenoxy) is 2. The molecular formula is C25H46O4. The van der Waals surface area contributed by atoms with E-state index < -0.39 is 0 Å². The zero-order chi connectivity index (χ0) is 22.1. The van der Waals surface area contributed by atoms with Gasteiger partial charge < -0.3 is 9.47 Å². The van der Waals surface area contributed by atoms with Crippen molar-refractivity contribution in [1.82, 2.24) is 0 Å². The van der Waals surface area contributed by atoms with E-state index in [9.17, 15) is 9.59 Å². The number of unbranched alkanes of at least 4 members (excludes halogenated alkanes) is 7. The summed E-state index contributed by atoms with van der Waals surface area (Å²) in [5.74, 6) is -0.680. The van der Waals surface area contributed by atoms with Crippen LogP contribution in [0.4, 0.5) is 0 Å². The van der Waals surface area contributed by atoms with Gasteiger partial charge in [-0.15, -0.1) is 0 Å². The quantitative estimate of drug-likeness (QED) is 0.154. The Bertz CT molecular complexity index is 486. The normalized spacial score (nSPS) is 12.5. The molecule has 4 nitrogen and oxygen atoms in total. The number of rotatable bonds is 16. The van der Waals surface area contributed by atoms with Crippen LogP contribution in [0.1, 0.15) is 119 Å². The fourth-order valence-electron chi connectivity index (χ4n) is 3.08. The van der Waals surface area contributed by atoms with E-state index in [2.05, 4.69) is 41.5 Å². The highest BCUT2D eigenvalue weighted by Crippen LogP contribution is 2.29. The lowest BCUT2D eigenvalue weighted by molar-refractivity contribution is -0.143. The van der Waals surface area contributed by atoms with E-state index in [0.29, 0.717) is 37.2 Å². The van der Waals surface area contributed by atoms with Crippen molar-refractivity contribution in [3.05, 3.63) is 11.1 Å². The van der Waals surface area contributed by atoms with Crippen molar-refractivity contribution in [2.45, 2.75) is 119 Å². The largest absolute Gasteiger partial charge is 0.462 e. The maximum Gasteiger partial charge on any atom is 0.334 e. The van der Waals surface area contributed by atoms with Crippen LogP contribution >= 0.6 is 0 Å². The van der Waals surface area contributed by atoms with E-state index in [-0.39, 0.29) is 17.4 Å². The van der Waals surface area contributed by atoms with E-state index in [0.717, 1.165) is 38.5 Å². The molecule has 0 aromatic rings. The van der Waals surface area contributed by atoms with E-state index in [1.54, 1.807) is 0 Å². The summed E-state index contributed by atoms with van der Waals surface area (Å²) in [6.45, 7) is 13.4. The molecular weight excluding hydrogens is 364 g/mol. The lowest BCUT2D eigenvalue weighted by Crippen LogP contribution is -2.21. The topological polar surface area (TPSA) is 52.6 Å². The molecule has 0 aromatic heterocycles. The van der Waals surface area contributed by atoms with Gasteiger partial charge in [0.1, 0.15) is 0 Å². The fourth-order valence-corrected chi connectivity index (χ4v) is 3.08. The Morgan fingerprint density at radius 1 is 0.621 bits per heavy atom. The highest BCUT2D eigenvalue weighted by Gasteiger charge is 2.27. The Labute approximate surface area is 179 Å². The van der Waals surface area contributed by atoms with Crippen molar-refractivity contribution >= 4 is 11.9 Å². The number of esters is 2. The van der Waals surface area contributed by atoms with Crippen molar-refractivity contribution < 1.29 is 19.1 Å². The molecule has 0 aliphatic rings. The van der Waals surface area contributed by atoms with Crippen molar-refractivity contribution in [3.63, 3.8) is 0 Å². The predicted molar refractivity (Wildman–Crippen MR) is 121 cm³/mol. The third-order valence-corrected chi connectivity index (χ3v) is 4.81. The summed E-state index contributed by atoms with van der Waals surface area (Å²) in [4.78, 5) is 25.7. The van der Waals surface area contributed by atoms with Crippen LogP contribution in [0.3, 0.4) is 0 Å². The average molecular weight is 411 g/mol. The molecule has 0 atom stereocenters. The minimum atomic E-state index is -0.346. The summed E-state index contributed by atoms with van der Waals surface area (Å²) in [7, 11) is 0. The molecule has 0 heterocycles. The third kappa shape index (κ3) is 14.3. The van der Waals surface area contributed by atoms with Crippen LogP contribution in [-0.4, -0.2) is 25.2 Å². The van der Waals surface area contributed by atoms with Crippen molar-refractivity contribution in [2.24, 2.45) is 5.41 Å². The lowest BCUT2D eigenvalue weighted by atomic mass is 9.85. The Morgan fingerprint density at radius 2 is 1.07 bits per heavy atom. The second-order valence-corrected chi connectivity index (χ2v) is 9.19.